The van der Waals surface area contributed by atoms with Crippen molar-refractivity contribution in [1.82, 2.24) is 24.6 Å². The van der Waals surface area contributed by atoms with Crippen LogP contribution < -0.4 is 5.32 Å². The van der Waals surface area contributed by atoms with E-state index >= 15 is 0 Å². The van der Waals surface area contributed by atoms with Crippen LogP contribution in [-0.2, 0) is 6.42 Å². The molecule has 3 heterocycles. The van der Waals surface area contributed by atoms with Crippen LogP contribution in [0, 0.1) is 0 Å². The highest BCUT2D eigenvalue weighted by Crippen LogP contribution is 2.25. The van der Waals surface area contributed by atoms with E-state index in [9.17, 15) is 4.79 Å². The van der Waals surface area contributed by atoms with Crippen LogP contribution >= 0.6 is 0 Å². The number of carbonyl (C=O) groups is 1. The van der Waals surface area contributed by atoms with Crippen LogP contribution in [0.15, 0.2) is 73.3 Å². The molecule has 1 N–H and O–H groups in total. The van der Waals surface area contributed by atoms with Gasteiger partial charge in [0.25, 0.3) is 5.91 Å². The molecule has 1 amide bonds. The van der Waals surface area contributed by atoms with Gasteiger partial charge in [-0.25, -0.2) is 9.67 Å². The highest BCUT2D eigenvalue weighted by molar-refractivity contribution is 5.97. The molecule has 27 heavy (non-hydrogen) atoms. The first-order valence-corrected chi connectivity index (χ1v) is 8.85. The highest BCUT2D eigenvalue weighted by Gasteiger charge is 2.18. The van der Waals surface area contributed by atoms with Crippen LogP contribution in [0.3, 0.4) is 0 Å². The monoisotopic (exact) mass is 355 g/mol. The van der Waals surface area contributed by atoms with Gasteiger partial charge >= 0.3 is 0 Å². The predicted octanol–water partition coefficient (Wildman–Crippen LogP) is 3.01. The Kier molecular flexibility index (Phi) is 3.60. The lowest BCUT2D eigenvalue weighted by Crippen LogP contribution is -2.31. The molecule has 2 aromatic carbocycles. The van der Waals surface area contributed by atoms with Gasteiger partial charge in [-0.05, 0) is 42.3 Å². The third kappa shape index (κ3) is 2.71. The van der Waals surface area contributed by atoms with Crippen molar-refractivity contribution in [3.63, 3.8) is 0 Å². The Morgan fingerprint density at radius 1 is 0.963 bits per heavy atom. The molecule has 4 aromatic rings. The van der Waals surface area contributed by atoms with Gasteiger partial charge in [-0.2, -0.15) is 5.10 Å². The van der Waals surface area contributed by atoms with Crippen molar-refractivity contribution in [3.8, 4) is 22.8 Å². The quantitative estimate of drug-likeness (QED) is 0.614. The first kappa shape index (κ1) is 15.6. The van der Waals surface area contributed by atoms with Crippen LogP contribution in [0.25, 0.3) is 22.8 Å². The maximum absolute atomic E-state index is 12.2. The summed E-state index contributed by atoms with van der Waals surface area (Å²) in [7, 11) is 0. The molecule has 6 nitrogen and oxygen atoms in total. The molecular weight excluding hydrogens is 338 g/mol. The number of nitrogens with one attached hydrogen (secondary N) is 1. The maximum atomic E-state index is 12.2. The van der Waals surface area contributed by atoms with E-state index < -0.39 is 0 Å². The minimum atomic E-state index is -0.0135. The Labute approximate surface area is 156 Å². The van der Waals surface area contributed by atoms with Gasteiger partial charge in [0.15, 0.2) is 0 Å². The van der Waals surface area contributed by atoms with Gasteiger partial charge in [0.1, 0.15) is 5.82 Å². The van der Waals surface area contributed by atoms with Crippen LogP contribution in [0.1, 0.15) is 15.9 Å². The number of rotatable bonds is 3. The molecule has 0 spiro atoms. The summed E-state index contributed by atoms with van der Waals surface area (Å²) in [5, 5.41) is 7.20. The summed E-state index contributed by atoms with van der Waals surface area (Å²) in [6, 6.07) is 16.0. The van der Waals surface area contributed by atoms with E-state index in [0.29, 0.717) is 6.54 Å². The zero-order chi connectivity index (χ0) is 18.2. The Hall–Kier alpha value is -3.67. The summed E-state index contributed by atoms with van der Waals surface area (Å²) in [6.45, 7) is 0.696. The summed E-state index contributed by atoms with van der Waals surface area (Å²) in [4.78, 5) is 16.7. The number of fused-ring (bicyclic) bond motifs is 1. The predicted molar refractivity (Wildman–Crippen MR) is 102 cm³/mol. The topological polar surface area (TPSA) is 64.7 Å². The van der Waals surface area contributed by atoms with Gasteiger partial charge in [0, 0.05) is 48.1 Å². The molecule has 0 saturated heterocycles. The third-order valence-electron chi connectivity index (χ3n) is 4.81. The lowest BCUT2D eigenvalue weighted by Gasteiger charge is -2.18. The van der Waals surface area contributed by atoms with E-state index in [1.54, 1.807) is 12.4 Å². The average molecular weight is 355 g/mol. The molecule has 132 valence electrons. The van der Waals surface area contributed by atoms with Crippen molar-refractivity contribution < 1.29 is 4.79 Å². The molecule has 5 rings (SSSR count). The minimum Gasteiger partial charge on any atom is -0.352 e. The highest BCUT2D eigenvalue weighted by atomic mass is 16.1. The van der Waals surface area contributed by atoms with Crippen LogP contribution in [-0.4, -0.2) is 31.8 Å². The number of aromatic nitrogens is 4. The lowest BCUT2D eigenvalue weighted by molar-refractivity contribution is 0.0946. The van der Waals surface area contributed by atoms with Crippen molar-refractivity contribution in [2.75, 3.05) is 6.54 Å². The molecule has 0 unspecified atom stereocenters. The summed E-state index contributed by atoms with van der Waals surface area (Å²) in [5.41, 5.74) is 4.70. The molecule has 0 saturated carbocycles. The Bertz CT molecular complexity index is 1130. The number of imidazole rings is 1. The third-order valence-corrected chi connectivity index (χ3v) is 4.81. The van der Waals surface area contributed by atoms with Gasteiger partial charge < -0.3 is 5.32 Å². The number of amides is 1. The number of nitrogens with zero attached hydrogens (tertiary/aromatic N) is 4. The fraction of sp³-hybridized carbons (Fsp3) is 0.0952. The van der Waals surface area contributed by atoms with E-state index in [0.717, 1.165) is 40.3 Å². The Balaban J connectivity index is 1.59. The van der Waals surface area contributed by atoms with Crippen molar-refractivity contribution in [3.05, 3.63) is 84.4 Å². The van der Waals surface area contributed by atoms with Crippen molar-refractivity contribution in [2.45, 2.75) is 6.42 Å². The SMILES string of the molecule is O=C1NCCc2ccc(-n3ccnc3-c3cccc(-n4cccn4)c3)cc21. The number of hydrogen-bond acceptors (Lipinski definition) is 3. The summed E-state index contributed by atoms with van der Waals surface area (Å²) < 4.78 is 3.82. The normalized spacial score (nSPS) is 13.3. The van der Waals surface area contributed by atoms with Crippen LogP contribution in [0.5, 0.6) is 0 Å². The second kappa shape index (κ2) is 6.25. The molecule has 1 aliphatic rings. The van der Waals surface area contributed by atoms with Crippen molar-refractivity contribution >= 4 is 5.91 Å². The molecule has 1 aliphatic heterocycles. The van der Waals surface area contributed by atoms with E-state index in [1.165, 1.54) is 0 Å². The minimum absolute atomic E-state index is 0.0135. The lowest BCUT2D eigenvalue weighted by atomic mass is 9.99. The first-order valence-electron chi connectivity index (χ1n) is 8.85. The van der Waals surface area contributed by atoms with Gasteiger partial charge in [0.2, 0.25) is 0 Å². The second-order valence-corrected chi connectivity index (χ2v) is 6.47. The van der Waals surface area contributed by atoms with Gasteiger partial charge in [-0.15, -0.1) is 0 Å². The smallest absolute Gasteiger partial charge is 0.251 e. The van der Waals surface area contributed by atoms with Crippen LogP contribution in [0.4, 0.5) is 0 Å². The zero-order valence-electron chi connectivity index (χ0n) is 14.5. The molecule has 2 aromatic heterocycles. The van der Waals surface area contributed by atoms with E-state index in [4.69, 9.17) is 0 Å². The summed E-state index contributed by atoms with van der Waals surface area (Å²) in [6.07, 6.45) is 8.22. The van der Waals surface area contributed by atoms with E-state index in [1.807, 2.05) is 64.1 Å². The number of carbonyl (C=O) groups excluding carboxylic acids is 1. The molecule has 0 aliphatic carbocycles. The average Bonchev–Trinajstić information content (AvgIpc) is 3.40. The number of hydrogen-bond donors (Lipinski definition) is 1. The maximum Gasteiger partial charge on any atom is 0.251 e. The fourth-order valence-electron chi connectivity index (χ4n) is 3.48. The van der Waals surface area contributed by atoms with E-state index in [-0.39, 0.29) is 5.91 Å². The van der Waals surface area contributed by atoms with Gasteiger partial charge in [0.05, 0.1) is 5.69 Å². The number of benzene rings is 2. The largest absolute Gasteiger partial charge is 0.352 e. The van der Waals surface area contributed by atoms with Gasteiger partial charge in [-0.3, -0.25) is 9.36 Å². The molecule has 0 bridgehead atoms. The van der Waals surface area contributed by atoms with Crippen molar-refractivity contribution in [2.24, 2.45) is 0 Å². The second-order valence-electron chi connectivity index (χ2n) is 6.47. The Morgan fingerprint density at radius 2 is 1.93 bits per heavy atom. The summed E-state index contributed by atoms with van der Waals surface area (Å²) >= 11 is 0. The van der Waals surface area contributed by atoms with Crippen molar-refractivity contribution in [1.29, 1.82) is 0 Å². The Morgan fingerprint density at radius 3 is 2.81 bits per heavy atom. The molecule has 6 heteroatoms. The van der Waals surface area contributed by atoms with E-state index in [2.05, 4.69) is 21.5 Å². The molecular formula is C21H17N5O. The molecule has 0 radical (unpaired) electrons. The molecule has 0 fully saturated rings. The standard InChI is InChI=1S/C21H17N5O/c27-21-19-14-17(6-5-15(19)7-9-23-21)25-12-10-22-20(25)16-3-1-4-18(13-16)26-11-2-8-24-26/h1-6,8,10-14H,7,9H2,(H,23,27). The first-order chi connectivity index (χ1) is 13.3. The van der Waals surface area contributed by atoms with Gasteiger partial charge in [-0.1, -0.05) is 18.2 Å². The zero-order valence-corrected chi connectivity index (χ0v) is 14.5. The van der Waals surface area contributed by atoms with Crippen LogP contribution in [0.2, 0.25) is 0 Å². The summed E-state index contributed by atoms with van der Waals surface area (Å²) in [5.74, 6) is 0.806. The fourth-order valence-corrected chi connectivity index (χ4v) is 3.48. The molecule has 0 atom stereocenters.